The Labute approximate surface area is 136 Å². The first-order chi connectivity index (χ1) is 11.4. The number of nitrogens with one attached hydrogen (secondary N) is 1. The van der Waals surface area contributed by atoms with Crippen molar-refractivity contribution in [3.8, 4) is 5.75 Å². The number of carbonyl (C=O) groups is 1. The van der Waals surface area contributed by atoms with Crippen LogP contribution in [0.25, 0.3) is 0 Å². The van der Waals surface area contributed by atoms with Gasteiger partial charge >= 0.3 is 0 Å². The second kappa shape index (κ2) is 7.49. The Hall–Kier alpha value is -3.03. The Bertz CT molecular complexity index is 750. The lowest BCUT2D eigenvalue weighted by Gasteiger charge is -2.15. The first kappa shape index (κ1) is 17.3. The zero-order chi connectivity index (χ0) is 17.7. The zero-order valence-electron chi connectivity index (χ0n) is 12.7. The summed E-state index contributed by atoms with van der Waals surface area (Å²) in [7, 11) is 0. The molecule has 0 aromatic heterocycles. The molecule has 1 N–H and O–H groups in total. The second-order valence-electron chi connectivity index (χ2n) is 4.99. The van der Waals surface area contributed by atoms with Crippen molar-refractivity contribution in [2.75, 3.05) is 6.61 Å². The van der Waals surface area contributed by atoms with Crippen LogP contribution in [0.1, 0.15) is 18.5 Å². The number of non-ortho nitro benzene ring substituents is 1. The highest BCUT2D eigenvalue weighted by atomic mass is 19.1. The zero-order valence-corrected chi connectivity index (χ0v) is 12.7. The van der Waals surface area contributed by atoms with Gasteiger partial charge in [-0.15, -0.1) is 0 Å². The summed E-state index contributed by atoms with van der Waals surface area (Å²) in [6, 6.07) is 7.68. The van der Waals surface area contributed by atoms with E-state index in [-0.39, 0.29) is 23.6 Å². The van der Waals surface area contributed by atoms with Crippen molar-refractivity contribution in [1.29, 1.82) is 0 Å². The number of hydrogen-bond donors (Lipinski definition) is 1. The quantitative estimate of drug-likeness (QED) is 0.649. The highest BCUT2D eigenvalue weighted by molar-refractivity contribution is 5.78. The molecule has 2 aromatic carbocycles. The first-order valence-electron chi connectivity index (χ1n) is 6.98. The molecule has 8 heteroatoms. The fourth-order valence-electron chi connectivity index (χ4n) is 2.03. The topological polar surface area (TPSA) is 81.5 Å². The highest BCUT2D eigenvalue weighted by Gasteiger charge is 2.15. The fraction of sp³-hybridized carbons (Fsp3) is 0.188. The van der Waals surface area contributed by atoms with E-state index in [9.17, 15) is 23.7 Å². The third kappa shape index (κ3) is 4.48. The van der Waals surface area contributed by atoms with Gasteiger partial charge < -0.3 is 10.1 Å². The van der Waals surface area contributed by atoms with Crippen LogP contribution in [0.3, 0.4) is 0 Å². The van der Waals surface area contributed by atoms with Crippen LogP contribution in [0.5, 0.6) is 5.75 Å². The third-order valence-electron chi connectivity index (χ3n) is 3.22. The number of rotatable bonds is 6. The molecule has 1 atom stereocenters. The van der Waals surface area contributed by atoms with Gasteiger partial charge in [0.1, 0.15) is 17.4 Å². The Morgan fingerprint density at radius 1 is 1.25 bits per heavy atom. The minimum absolute atomic E-state index is 0.0905. The molecule has 6 nitrogen and oxygen atoms in total. The summed E-state index contributed by atoms with van der Waals surface area (Å²) in [6.45, 7) is 1.21. The summed E-state index contributed by atoms with van der Waals surface area (Å²) >= 11 is 0. The summed E-state index contributed by atoms with van der Waals surface area (Å²) in [5.74, 6) is -1.67. The maximum atomic E-state index is 13.6. The molecule has 0 radical (unpaired) electrons. The maximum Gasteiger partial charge on any atom is 0.269 e. The van der Waals surface area contributed by atoms with Crippen molar-refractivity contribution in [1.82, 2.24) is 5.32 Å². The molecule has 0 bridgehead atoms. The van der Waals surface area contributed by atoms with Crippen LogP contribution in [0, 0.1) is 21.7 Å². The van der Waals surface area contributed by atoms with E-state index < -0.39 is 28.5 Å². The molecule has 0 aliphatic heterocycles. The SMILES string of the molecule is CC(NC(=O)COc1ccc([N+](=O)[O-])cc1)c1ccc(F)cc1F. The Morgan fingerprint density at radius 2 is 1.92 bits per heavy atom. The molecule has 0 saturated heterocycles. The molecule has 0 heterocycles. The summed E-state index contributed by atoms with van der Waals surface area (Å²) in [4.78, 5) is 21.8. The van der Waals surface area contributed by atoms with Gasteiger partial charge in [0.05, 0.1) is 11.0 Å². The largest absolute Gasteiger partial charge is 0.484 e. The number of carbonyl (C=O) groups excluding carboxylic acids is 1. The van der Waals surface area contributed by atoms with Gasteiger partial charge in [-0.2, -0.15) is 0 Å². The fourth-order valence-corrected chi connectivity index (χ4v) is 2.03. The van der Waals surface area contributed by atoms with Gasteiger partial charge in [0.2, 0.25) is 0 Å². The molecular formula is C16H14F2N2O4. The Balaban J connectivity index is 1.89. The van der Waals surface area contributed by atoms with Crippen LogP contribution >= 0.6 is 0 Å². The monoisotopic (exact) mass is 336 g/mol. The van der Waals surface area contributed by atoms with Crippen LogP contribution in [-0.4, -0.2) is 17.4 Å². The van der Waals surface area contributed by atoms with E-state index in [0.717, 1.165) is 12.1 Å². The van der Waals surface area contributed by atoms with Crippen LogP contribution in [0.15, 0.2) is 42.5 Å². The predicted octanol–water partition coefficient (Wildman–Crippen LogP) is 3.13. The standard InChI is InChI=1S/C16H14F2N2O4/c1-10(14-7-2-11(17)8-15(14)18)19-16(21)9-24-13-5-3-12(4-6-13)20(22)23/h2-8,10H,9H2,1H3,(H,19,21). The minimum atomic E-state index is -0.751. The molecule has 0 aliphatic carbocycles. The lowest BCUT2D eigenvalue weighted by molar-refractivity contribution is -0.384. The van der Waals surface area contributed by atoms with Crippen LogP contribution in [0.2, 0.25) is 0 Å². The smallest absolute Gasteiger partial charge is 0.269 e. The normalized spacial score (nSPS) is 11.6. The van der Waals surface area contributed by atoms with Crippen LogP contribution in [-0.2, 0) is 4.79 Å². The molecule has 1 amide bonds. The third-order valence-corrected chi connectivity index (χ3v) is 3.22. The van der Waals surface area contributed by atoms with Gasteiger partial charge in [-0.25, -0.2) is 8.78 Å². The van der Waals surface area contributed by atoms with Crippen molar-refractivity contribution in [2.45, 2.75) is 13.0 Å². The van der Waals surface area contributed by atoms with Crippen LogP contribution < -0.4 is 10.1 Å². The van der Waals surface area contributed by atoms with Crippen molar-refractivity contribution in [3.05, 3.63) is 69.8 Å². The number of amides is 1. The number of ether oxygens (including phenoxy) is 1. The molecule has 0 fully saturated rings. The minimum Gasteiger partial charge on any atom is -0.484 e. The summed E-state index contributed by atoms with van der Waals surface area (Å²) in [6.07, 6.45) is 0. The number of nitrogens with zero attached hydrogens (tertiary/aromatic N) is 1. The van der Waals surface area contributed by atoms with Gasteiger partial charge in [-0.1, -0.05) is 6.07 Å². The molecule has 0 saturated carbocycles. The summed E-state index contributed by atoms with van der Waals surface area (Å²) < 4.78 is 31.7. The molecule has 0 spiro atoms. The molecular weight excluding hydrogens is 322 g/mol. The first-order valence-corrected chi connectivity index (χ1v) is 6.98. The molecule has 2 aromatic rings. The lowest BCUT2D eigenvalue weighted by Crippen LogP contribution is -2.31. The van der Waals surface area contributed by atoms with E-state index in [1.807, 2.05) is 0 Å². The van der Waals surface area contributed by atoms with Gasteiger partial charge in [-0.3, -0.25) is 14.9 Å². The van der Waals surface area contributed by atoms with E-state index in [4.69, 9.17) is 4.74 Å². The Kier molecular flexibility index (Phi) is 5.41. The average molecular weight is 336 g/mol. The Morgan fingerprint density at radius 3 is 2.50 bits per heavy atom. The van der Waals surface area contributed by atoms with E-state index in [2.05, 4.69) is 5.32 Å². The molecule has 126 valence electrons. The van der Waals surface area contributed by atoms with Gasteiger partial charge in [-0.05, 0) is 25.1 Å². The molecule has 0 aliphatic rings. The highest BCUT2D eigenvalue weighted by Crippen LogP contribution is 2.19. The van der Waals surface area contributed by atoms with Gasteiger partial charge in [0.15, 0.2) is 6.61 Å². The van der Waals surface area contributed by atoms with E-state index >= 15 is 0 Å². The van der Waals surface area contributed by atoms with E-state index in [0.29, 0.717) is 0 Å². The second-order valence-corrected chi connectivity index (χ2v) is 4.99. The van der Waals surface area contributed by atoms with Crippen molar-refractivity contribution >= 4 is 11.6 Å². The van der Waals surface area contributed by atoms with Gasteiger partial charge in [0, 0.05) is 23.8 Å². The number of hydrogen-bond acceptors (Lipinski definition) is 4. The van der Waals surface area contributed by atoms with Gasteiger partial charge in [0.25, 0.3) is 11.6 Å². The summed E-state index contributed by atoms with van der Waals surface area (Å²) in [5, 5.41) is 13.1. The summed E-state index contributed by atoms with van der Waals surface area (Å²) in [5.41, 5.74) is 0.0623. The average Bonchev–Trinajstić information content (AvgIpc) is 2.53. The van der Waals surface area contributed by atoms with E-state index in [1.54, 1.807) is 6.92 Å². The predicted molar refractivity (Wildman–Crippen MR) is 81.5 cm³/mol. The lowest BCUT2D eigenvalue weighted by atomic mass is 10.1. The number of halogens is 2. The van der Waals surface area contributed by atoms with E-state index in [1.165, 1.54) is 30.3 Å². The van der Waals surface area contributed by atoms with Crippen molar-refractivity contribution < 1.29 is 23.2 Å². The number of nitro benzene ring substituents is 1. The molecule has 1 unspecified atom stereocenters. The number of benzene rings is 2. The van der Waals surface area contributed by atoms with Crippen molar-refractivity contribution in [3.63, 3.8) is 0 Å². The molecule has 2 rings (SSSR count). The number of nitro groups is 1. The maximum absolute atomic E-state index is 13.6. The molecule has 24 heavy (non-hydrogen) atoms. The van der Waals surface area contributed by atoms with Crippen LogP contribution in [0.4, 0.5) is 14.5 Å². The van der Waals surface area contributed by atoms with Crippen molar-refractivity contribution in [2.24, 2.45) is 0 Å².